The van der Waals surface area contributed by atoms with Gasteiger partial charge in [-0.2, -0.15) is 5.10 Å². The number of para-hydroxylation sites is 3. The first kappa shape index (κ1) is 24.7. The number of aryl methyl sites for hydroxylation is 1. The van der Waals surface area contributed by atoms with Crippen molar-refractivity contribution < 1.29 is 4.92 Å². The Hall–Kier alpha value is -5.28. The highest BCUT2D eigenvalue weighted by Gasteiger charge is 2.41. The highest BCUT2D eigenvalue weighted by atomic mass is 35.5. The van der Waals surface area contributed by atoms with E-state index in [-0.39, 0.29) is 10.6 Å². The third kappa shape index (κ3) is 4.23. The van der Waals surface area contributed by atoms with Crippen LogP contribution in [0, 0.1) is 17.0 Å². The van der Waals surface area contributed by atoms with E-state index in [9.17, 15) is 10.1 Å². The molecule has 1 aromatic heterocycles. The van der Waals surface area contributed by atoms with E-state index in [1.807, 2.05) is 90.5 Å². The Labute approximate surface area is 240 Å². The van der Waals surface area contributed by atoms with Crippen LogP contribution >= 0.6 is 11.6 Å². The lowest BCUT2D eigenvalue weighted by Crippen LogP contribution is -2.46. The zero-order chi connectivity index (χ0) is 28.1. The minimum absolute atomic E-state index is 0.0115. The van der Waals surface area contributed by atoms with Crippen molar-refractivity contribution in [2.75, 3.05) is 10.2 Å². The molecule has 0 saturated heterocycles. The van der Waals surface area contributed by atoms with Crippen molar-refractivity contribution in [3.05, 3.63) is 135 Å². The summed E-state index contributed by atoms with van der Waals surface area (Å²) in [5.41, 5.74) is 5.55. The molecular formula is C31H22ClN7O2. The average Bonchev–Trinajstić information content (AvgIpc) is 3.32. The van der Waals surface area contributed by atoms with Crippen LogP contribution in [0.25, 0.3) is 5.69 Å². The van der Waals surface area contributed by atoms with E-state index in [1.54, 1.807) is 18.2 Å². The molecule has 1 N–H and O–H groups in total. The maximum absolute atomic E-state index is 11.8. The van der Waals surface area contributed by atoms with Crippen molar-refractivity contribution in [1.82, 2.24) is 9.78 Å². The quantitative estimate of drug-likeness (QED) is 0.181. The molecule has 0 radical (unpaired) electrons. The molecule has 2 aliphatic rings. The summed E-state index contributed by atoms with van der Waals surface area (Å²) in [6, 6.07) is 31.2. The van der Waals surface area contributed by atoms with Gasteiger partial charge in [-0.1, -0.05) is 60.1 Å². The number of benzene rings is 4. The topological polar surface area (TPSA) is 101 Å². The maximum atomic E-state index is 11.8. The predicted molar refractivity (Wildman–Crippen MR) is 161 cm³/mol. The van der Waals surface area contributed by atoms with Gasteiger partial charge in [0.1, 0.15) is 0 Å². The summed E-state index contributed by atoms with van der Waals surface area (Å²) < 4.78 is 1.82. The Bertz CT molecular complexity index is 1900. The molecule has 1 atom stereocenters. The van der Waals surface area contributed by atoms with Crippen LogP contribution in [0.15, 0.2) is 113 Å². The zero-order valence-corrected chi connectivity index (χ0v) is 22.5. The second-order valence-electron chi connectivity index (χ2n) is 9.71. The van der Waals surface area contributed by atoms with E-state index in [0.717, 1.165) is 39.6 Å². The highest BCUT2D eigenvalue weighted by molar-refractivity contribution is 6.51. The van der Waals surface area contributed by atoms with Crippen molar-refractivity contribution in [3.8, 4) is 5.69 Å². The van der Waals surface area contributed by atoms with Crippen molar-refractivity contribution in [1.29, 1.82) is 0 Å². The van der Waals surface area contributed by atoms with Crippen LogP contribution in [0.3, 0.4) is 0 Å². The van der Waals surface area contributed by atoms with Gasteiger partial charge in [0.05, 0.1) is 33.7 Å². The van der Waals surface area contributed by atoms with Gasteiger partial charge in [0.2, 0.25) is 0 Å². The van der Waals surface area contributed by atoms with E-state index in [0.29, 0.717) is 22.5 Å². The third-order valence-corrected chi connectivity index (χ3v) is 7.36. The Morgan fingerprint density at radius 1 is 0.902 bits per heavy atom. The molecule has 0 aliphatic carbocycles. The molecule has 3 heterocycles. The second-order valence-corrected chi connectivity index (χ2v) is 10.2. The fourth-order valence-electron chi connectivity index (χ4n) is 5.37. The SMILES string of the molecule is Cc1nn(-c2ccccc2)c2c1C(c1cccc([N+](=O)[O-])c1)N1C(=N2)C(Nc2cccc(Cl)c2)=Nc2ccccc21. The van der Waals surface area contributed by atoms with Gasteiger partial charge in [-0.3, -0.25) is 10.1 Å². The number of nitro groups is 1. The molecule has 41 heavy (non-hydrogen) atoms. The number of hydrogen-bond donors (Lipinski definition) is 1. The van der Waals surface area contributed by atoms with E-state index in [4.69, 9.17) is 26.7 Å². The van der Waals surface area contributed by atoms with Gasteiger partial charge in [0.15, 0.2) is 17.5 Å². The minimum Gasteiger partial charge on any atom is -0.337 e. The molecule has 7 rings (SSSR count). The summed E-state index contributed by atoms with van der Waals surface area (Å²) >= 11 is 6.30. The number of non-ortho nitro benzene ring substituents is 1. The number of nitro benzene ring substituents is 1. The van der Waals surface area contributed by atoms with Crippen molar-refractivity contribution in [3.63, 3.8) is 0 Å². The highest BCUT2D eigenvalue weighted by Crippen LogP contribution is 2.48. The van der Waals surface area contributed by atoms with E-state index in [1.165, 1.54) is 6.07 Å². The number of nitrogens with one attached hydrogen (secondary N) is 1. The number of anilines is 2. The van der Waals surface area contributed by atoms with Gasteiger partial charge < -0.3 is 10.2 Å². The lowest BCUT2D eigenvalue weighted by atomic mass is 9.93. The van der Waals surface area contributed by atoms with Gasteiger partial charge >= 0.3 is 0 Å². The number of aromatic nitrogens is 2. The third-order valence-electron chi connectivity index (χ3n) is 7.12. The van der Waals surface area contributed by atoms with Gasteiger partial charge in [-0.15, -0.1) is 0 Å². The Kier molecular flexibility index (Phi) is 5.87. The van der Waals surface area contributed by atoms with Crippen molar-refractivity contribution in [2.24, 2.45) is 9.98 Å². The molecule has 5 aromatic rings. The first-order valence-corrected chi connectivity index (χ1v) is 13.3. The fourth-order valence-corrected chi connectivity index (χ4v) is 5.56. The van der Waals surface area contributed by atoms with Gasteiger partial charge in [-0.05, 0) is 55.0 Å². The molecule has 9 nitrogen and oxygen atoms in total. The summed E-state index contributed by atoms with van der Waals surface area (Å²) in [4.78, 5) is 23.7. The molecule has 0 bridgehead atoms. The summed E-state index contributed by atoms with van der Waals surface area (Å²) in [6.45, 7) is 1.94. The number of nitrogens with zero attached hydrogens (tertiary/aromatic N) is 6. The smallest absolute Gasteiger partial charge is 0.269 e. The summed E-state index contributed by atoms with van der Waals surface area (Å²) in [7, 11) is 0. The van der Waals surface area contributed by atoms with Crippen molar-refractivity contribution >= 4 is 51.8 Å². The first-order valence-electron chi connectivity index (χ1n) is 13.0. The number of halogens is 1. The molecule has 1 unspecified atom stereocenters. The average molecular weight is 560 g/mol. The van der Waals surface area contributed by atoms with Crippen LogP contribution in [-0.2, 0) is 0 Å². The van der Waals surface area contributed by atoms with Gasteiger partial charge in [0, 0.05) is 28.4 Å². The largest absolute Gasteiger partial charge is 0.337 e. The van der Waals surface area contributed by atoms with Crippen LogP contribution < -0.4 is 10.2 Å². The molecule has 0 saturated carbocycles. The molecule has 0 spiro atoms. The molecule has 4 aromatic carbocycles. The standard InChI is InChI=1S/C31H22ClN7O2/c1-19-27-28(20-9-7-14-24(17-20)39(40)41)37-26-16-6-5-15-25(26)34-29(33-22-11-8-10-21(32)18-22)31(37)35-30(27)38(36-19)23-12-3-2-4-13-23/h2-18,28H,1H3,(H,33,34). The van der Waals surface area contributed by atoms with E-state index in [2.05, 4.69) is 10.2 Å². The van der Waals surface area contributed by atoms with Gasteiger partial charge in [0.25, 0.3) is 5.69 Å². The lowest BCUT2D eigenvalue weighted by molar-refractivity contribution is -0.384. The van der Waals surface area contributed by atoms with Crippen LogP contribution in [0.5, 0.6) is 0 Å². The normalized spacial score (nSPS) is 15.3. The van der Waals surface area contributed by atoms with Gasteiger partial charge in [-0.25, -0.2) is 14.7 Å². The van der Waals surface area contributed by atoms with Crippen LogP contribution in [0.4, 0.5) is 28.6 Å². The maximum Gasteiger partial charge on any atom is 0.269 e. The number of amidine groups is 2. The predicted octanol–water partition coefficient (Wildman–Crippen LogP) is 7.54. The van der Waals surface area contributed by atoms with Crippen molar-refractivity contribution in [2.45, 2.75) is 13.0 Å². The zero-order valence-electron chi connectivity index (χ0n) is 21.8. The minimum atomic E-state index is -0.470. The molecular weight excluding hydrogens is 538 g/mol. The Morgan fingerprint density at radius 3 is 2.49 bits per heavy atom. The molecule has 200 valence electrons. The van der Waals surface area contributed by atoms with Crippen LogP contribution in [0.1, 0.15) is 22.9 Å². The summed E-state index contributed by atoms with van der Waals surface area (Å²) in [6.07, 6.45) is 0. The van der Waals surface area contributed by atoms with Crippen LogP contribution in [0.2, 0.25) is 5.02 Å². The summed E-state index contributed by atoms with van der Waals surface area (Å²) in [5.74, 6) is 1.71. The van der Waals surface area contributed by atoms with Crippen LogP contribution in [-0.4, -0.2) is 26.4 Å². The number of hydrogen-bond acceptors (Lipinski definition) is 7. The van der Waals surface area contributed by atoms with E-state index < -0.39 is 6.04 Å². The lowest BCUT2D eigenvalue weighted by Gasteiger charge is -2.40. The Balaban J connectivity index is 1.51. The molecule has 0 fully saturated rings. The summed E-state index contributed by atoms with van der Waals surface area (Å²) in [5, 5.41) is 20.7. The Morgan fingerprint density at radius 2 is 1.68 bits per heavy atom. The second kappa shape index (κ2) is 9.72. The van der Waals surface area contributed by atoms with E-state index >= 15 is 0 Å². The fraction of sp³-hybridized carbons (Fsp3) is 0.0645. The number of aliphatic imine (C=N–C) groups is 2. The molecule has 0 amide bonds. The number of rotatable bonds is 4. The monoisotopic (exact) mass is 559 g/mol. The molecule has 10 heteroatoms. The first-order chi connectivity index (χ1) is 20.0. The molecule has 2 aliphatic heterocycles. The number of fused-ring (bicyclic) bond motifs is 4.